The van der Waals surface area contributed by atoms with Gasteiger partial charge in [-0.2, -0.15) is 13.2 Å². The van der Waals surface area contributed by atoms with E-state index in [1.54, 1.807) is 0 Å². The van der Waals surface area contributed by atoms with E-state index in [1.165, 1.54) is 0 Å². The fourth-order valence-corrected chi connectivity index (χ4v) is 2.97. The zero-order valence-corrected chi connectivity index (χ0v) is 11.8. The van der Waals surface area contributed by atoms with E-state index in [-0.39, 0.29) is 30.4 Å². The van der Waals surface area contributed by atoms with E-state index in [0.717, 1.165) is 25.0 Å². The molecular weight excluding hydrogens is 302 g/mol. The monoisotopic (exact) mass is 319 g/mol. The fraction of sp³-hybridized carbons (Fsp3) is 0.600. The van der Waals surface area contributed by atoms with Gasteiger partial charge in [-0.3, -0.25) is 0 Å². The molecule has 0 amide bonds. The van der Waals surface area contributed by atoms with Crippen LogP contribution in [0.25, 0.3) is 0 Å². The van der Waals surface area contributed by atoms with Gasteiger partial charge in [0, 0.05) is 17.6 Å². The Morgan fingerprint density at radius 3 is 2.45 bits per heavy atom. The standard InChI is InChI=1S/C15H17F4NO2/c16-14-3-10(15(17,18)19)2-1-9(14)6-22-13-4-11-7-21-8-12(5-13)20-11/h1-3,11-13,20H,4-8H2. The Kier molecular flexibility index (Phi) is 4.38. The maximum atomic E-state index is 13.8. The number of piperidine rings is 1. The van der Waals surface area contributed by atoms with Gasteiger partial charge in [-0.25, -0.2) is 4.39 Å². The minimum atomic E-state index is -4.54. The smallest absolute Gasteiger partial charge is 0.378 e. The van der Waals surface area contributed by atoms with Gasteiger partial charge in [-0.15, -0.1) is 0 Å². The van der Waals surface area contributed by atoms with Crippen molar-refractivity contribution in [2.24, 2.45) is 0 Å². The highest BCUT2D eigenvalue weighted by atomic mass is 19.4. The molecule has 22 heavy (non-hydrogen) atoms. The number of nitrogens with one attached hydrogen (secondary N) is 1. The molecule has 2 bridgehead atoms. The minimum absolute atomic E-state index is 0.0189. The fourth-order valence-electron chi connectivity index (χ4n) is 2.97. The molecule has 0 spiro atoms. The number of halogens is 4. The lowest BCUT2D eigenvalue weighted by atomic mass is 9.95. The van der Waals surface area contributed by atoms with Gasteiger partial charge in [0.25, 0.3) is 0 Å². The van der Waals surface area contributed by atoms with Crippen LogP contribution in [0.1, 0.15) is 24.0 Å². The highest BCUT2D eigenvalue weighted by molar-refractivity contribution is 5.26. The summed E-state index contributed by atoms with van der Waals surface area (Å²) in [5.41, 5.74) is -0.838. The molecule has 2 aliphatic rings. The second-order valence-corrected chi connectivity index (χ2v) is 5.81. The third kappa shape index (κ3) is 3.59. The molecule has 0 saturated carbocycles. The van der Waals surface area contributed by atoms with E-state index < -0.39 is 17.6 Å². The molecule has 2 unspecified atom stereocenters. The van der Waals surface area contributed by atoms with Gasteiger partial charge in [0.2, 0.25) is 0 Å². The largest absolute Gasteiger partial charge is 0.416 e. The first kappa shape index (κ1) is 15.7. The molecule has 2 aliphatic heterocycles. The maximum absolute atomic E-state index is 13.8. The average molecular weight is 319 g/mol. The molecule has 2 heterocycles. The number of hydrogen-bond acceptors (Lipinski definition) is 3. The van der Waals surface area contributed by atoms with E-state index in [9.17, 15) is 17.6 Å². The minimum Gasteiger partial charge on any atom is -0.378 e. The molecule has 0 radical (unpaired) electrons. The number of benzene rings is 1. The Bertz CT molecular complexity index is 523. The zero-order valence-electron chi connectivity index (χ0n) is 11.8. The third-order valence-electron chi connectivity index (χ3n) is 4.06. The van der Waals surface area contributed by atoms with Gasteiger partial charge in [-0.05, 0) is 25.0 Å². The van der Waals surface area contributed by atoms with Gasteiger partial charge in [0.05, 0.1) is 31.5 Å². The first-order chi connectivity index (χ1) is 10.4. The molecule has 2 saturated heterocycles. The number of ether oxygens (including phenoxy) is 2. The topological polar surface area (TPSA) is 30.5 Å². The molecule has 2 atom stereocenters. The molecular formula is C15H17F4NO2. The number of morpholine rings is 1. The number of fused-ring (bicyclic) bond motifs is 2. The van der Waals surface area contributed by atoms with Crippen molar-refractivity contribution in [1.29, 1.82) is 0 Å². The average Bonchev–Trinajstić information content (AvgIpc) is 2.44. The Balaban J connectivity index is 1.59. The lowest BCUT2D eigenvalue weighted by Crippen LogP contribution is -2.55. The summed E-state index contributed by atoms with van der Waals surface area (Å²) in [7, 11) is 0. The molecule has 122 valence electrons. The molecule has 0 aromatic heterocycles. The molecule has 1 N–H and O–H groups in total. The highest BCUT2D eigenvalue weighted by Crippen LogP contribution is 2.30. The summed E-state index contributed by atoms with van der Waals surface area (Å²) >= 11 is 0. The van der Waals surface area contributed by atoms with Crippen LogP contribution in [0.2, 0.25) is 0 Å². The highest BCUT2D eigenvalue weighted by Gasteiger charge is 2.33. The molecule has 2 fully saturated rings. The zero-order chi connectivity index (χ0) is 15.7. The molecule has 1 aromatic carbocycles. The molecule has 1 aromatic rings. The second kappa shape index (κ2) is 6.14. The van der Waals surface area contributed by atoms with Crippen LogP contribution in [-0.4, -0.2) is 31.4 Å². The third-order valence-corrected chi connectivity index (χ3v) is 4.06. The SMILES string of the molecule is Fc1cc(C(F)(F)F)ccc1COC1CC2COCC(C1)N2. The Morgan fingerprint density at radius 2 is 1.86 bits per heavy atom. The van der Waals surface area contributed by atoms with Crippen LogP contribution in [0.15, 0.2) is 18.2 Å². The predicted octanol–water partition coefficient (Wildman–Crippen LogP) is 2.88. The lowest BCUT2D eigenvalue weighted by Gasteiger charge is -2.39. The van der Waals surface area contributed by atoms with Crippen LogP contribution >= 0.6 is 0 Å². The van der Waals surface area contributed by atoms with Crippen molar-refractivity contribution < 1.29 is 27.0 Å². The predicted molar refractivity (Wildman–Crippen MR) is 70.7 cm³/mol. The van der Waals surface area contributed by atoms with Gasteiger partial charge < -0.3 is 14.8 Å². The van der Waals surface area contributed by atoms with Crippen LogP contribution in [0.3, 0.4) is 0 Å². The summed E-state index contributed by atoms with van der Waals surface area (Å²) < 4.78 is 62.3. The van der Waals surface area contributed by atoms with Crippen molar-refractivity contribution in [3.8, 4) is 0 Å². The van der Waals surface area contributed by atoms with Crippen molar-refractivity contribution >= 4 is 0 Å². The van der Waals surface area contributed by atoms with E-state index in [4.69, 9.17) is 9.47 Å². The van der Waals surface area contributed by atoms with Crippen molar-refractivity contribution in [2.75, 3.05) is 13.2 Å². The van der Waals surface area contributed by atoms with Gasteiger partial charge in [0.1, 0.15) is 5.82 Å². The molecule has 3 rings (SSSR count). The summed E-state index contributed by atoms with van der Waals surface area (Å²) in [5, 5.41) is 3.41. The van der Waals surface area contributed by atoms with Gasteiger partial charge in [-0.1, -0.05) is 6.07 Å². The quantitative estimate of drug-likeness (QED) is 0.869. The first-order valence-electron chi connectivity index (χ1n) is 7.23. The van der Waals surface area contributed by atoms with E-state index in [2.05, 4.69) is 5.32 Å². The van der Waals surface area contributed by atoms with Crippen LogP contribution < -0.4 is 5.32 Å². The van der Waals surface area contributed by atoms with Crippen molar-refractivity contribution in [3.63, 3.8) is 0 Å². The Hall–Kier alpha value is -1.18. The molecule has 7 heteroatoms. The van der Waals surface area contributed by atoms with Gasteiger partial charge >= 0.3 is 6.18 Å². The molecule has 3 nitrogen and oxygen atoms in total. The Labute approximate surface area is 125 Å². The summed E-state index contributed by atoms with van der Waals surface area (Å²) in [6, 6.07) is 3.00. The second-order valence-electron chi connectivity index (χ2n) is 5.81. The first-order valence-corrected chi connectivity index (χ1v) is 7.23. The number of rotatable bonds is 3. The maximum Gasteiger partial charge on any atom is 0.416 e. The Morgan fingerprint density at radius 1 is 1.18 bits per heavy atom. The summed E-state index contributed by atoms with van der Waals surface area (Å²) in [5.74, 6) is -0.882. The van der Waals surface area contributed by atoms with E-state index in [0.29, 0.717) is 19.3 Å². The normalized spacial score (nSPS) is 28.6. The lowest BCUT2D eigenvalue weighted by molar-refractivity contribution is -0.137. The van der Waals surface area contributed by atoms with Crippen LogP contribution in [-0.2, 0) is 22.3 Å². The number of alkyl halides is 3. The van der Waals surface area contributed by atoms with Crippen LogP contribution in [0.5, 0.6) is 0 Å². The number of hydrogen-bond donors (Lipinski definition) is 1. The molecule has 0 aliphatic carbocycles. The summed E-state index contributed by atoms with van der Waals surface area (Å²) in [4.78, 5) is 0. The summed E-state index contributed by atoms with van der Waals surface area (Å²) in [6.07, 6.45) is -3.04. The van der Waals surface area contributed by atoms with Crippen molar-refractivity contribution in [2.45, 2.75) is 43.8 Å². The van der Waals surface area contributed by atoms with E-state index >= 15 is 0 Å². The summed E-state index contributed by atoms with van der Waals surface area (Å²) in [6.45, 7) is 1.24. The van der Waals surface area contributed by atoms with Crippen molar-refractivity contribution in [3.05, 3.63) is 35.1 Å². The van der Waals surface area contributed by atoms with Crippen molar-refractivity contribution in [1.82, 2.24) is 5.32 Å². The van der Waals surface area contributed by atoms with Crippen LogP contribution in [0, 0.1) is 5.82 Å². The van der Waals surface area contributed by atoms with E-state index in [1.807, 2.05) is 0 Å². The van der Waals surface area contributed by atoms with Gasteiger partial charge in [0.15, 0.2) is 0 Å². The van der Waals surface area contributed by atoms with Crippen LogP contribution in [0.4, 0.5) is 17.6 Å².